The van der Waals surface area contributed by atoms with Crippen LogP contribution in [0.15, 0.2) is 0 Å². The van der Waals surface area contributed by atoms with E-state index in [2.05, 4.69) is 0 Å². The van der Waals surface area contributed by atoms with Crippen molar-refractivity contribution in [2.45, 2.75) is 68.5 Å². The Bertz CT molecular complexity index is 1170. The molecule has 0 radical (unpaired) electrons. The fourth-order valence-electron chi connectivity index (χ4n) is 9.92. The molecular formula is C23H26F2O9S. The second-order valence-electron chi connectivity index (χ2n) is 11.8. The number of hydrogen-bond donors (Lipinski definition) is 1. The fourth-order valence-corrected chi connectivity index (χ4v) is 10.2. The van der Waals surface area contributed by atoms with Crippen LogP contribution in [0.2, 0.25) is 0 Å². The molecule has 1 aliphatic heterocycles. The molecule has 192 valence electrons. The molecule has 0 amide bonds. The van der Waals surface area contributed by atoms with E-state index in [0.717, 1.165) is 19.3 Å². The molecule has 4 bridgehead atoms. The summed E-state index contributed by atoms with van der Waals surface area (Å²) in [7, 11) is -6.06. The first-order valence-corrected chi connectivity index (χ1v) is 13.8. The smallest absolute Gasteiger partial charge is 0.458 e. The highest BCUT2D eigenvalue weighted by molar-refractivity contribution is 7.87. The maximum Gasteiger partial charge on any atom is 0.465 e. The molecule has 7 aliphatic rings. The zero-order chi connectivity index (χ0) is 24.9. The third kappa shape index (κ3) is 2.33. The highest BCUT2D eigenvalue weighted by atomic mass is 32.2. The molecule has 12 unspecified atom stereocenters. The zero-order valence-electron chi connectivity index (χ0n) is 18.9. The lowest BCUT2D eigenvalue weighted by molar-refractivity contribution is -0.254. The molecule has 12 heteroatoms. The van der Waals surface area contributed by atoms with E-state index in [1.807, 2.05) is 6.92 Å². The normalized spacial score (nSPS) is 51.9. The van der Waals surface area contributed by atoms with Crippen LogP contribution in [0.25, 0.3) is 0 Å². The van der Waals surface area contributed by atoms with Gasteiger partial charge in [0.15, 0.2) is 0 Å². The summed E-state index contributed by atoms with van der Waals surface area (Å²) >= 11 is 0. The van der Waals surface area contributed by atoms with Crippen LogP contribution < -0.4 is 0 Å². The number of carbonyl (C=O) groups is 3. The van der Waals surface area contributed by atoms with E-state index in [4.69, 9.17) is 18.8 Å². The minimum absolute atomic E-state index is 0.232. The van der Waals surface area contributed by atoms with E-state index in [1.54, 1.807) is 0 Å². The highest BCUT2D eigenvalue weighted by Gasteiger charge is 2.82. The van der Waals surface area contributed by atoms with Gasteiger partial charge in [-0.2, -0.15) is 17.2 Å². The van der Waals surface area contributed by atoms with Gasteiger partial charge in [0.05, 0.1) is 11.8 Å². The van der Waals surface area contributed by atoms with Crippen LogP contribution in [-0.4, -0.2) is 53.9 Å². The number of carbonyl (C=O) groups excluding carboxylic acids is 3. The largest absolute Gasteiger partial charge is 0.465 e. The maximum absolute atomic E-state index is 13.9. The molecule has 0 aromatic heterocycles. The Hall–Kier alpha value is -1.82. The van der Waals surface area contributed by atoms with Crippen molar-refractivity contribution in [1.29, 1.82) is 0 Å². The number of esters is 3. The summed E-state index contributed by atoms with van der Waals surface area (Å²) in [5.41, 5.74) is -0.315. The van der Waals surface area contributed by atoms with Gasteiger partial charge >= 0.3 is 33.3 Å². The monoisotopic (exact) mass is 516 g/mol. The van der Waals surface area contributed by atoms with E-state index in [0.29, 0.717) is 24.2 Å². The molecule has 0 aromatic carbocycles. The second kappa shape index (κ2) is 6.35. The Morgan fingerprint density at radius 1 is 1.14 bits per heavy atom. The molecule has 0 aromatic rings. The lowest BCUT2D eigenvalue weighted by atomic mass is 9.36. The molecule has 35 heavy (non-hydrogen) atoms. The summed E-state index contributed by atoms with van der Waals surface area (Å²) in [6, 6.07) is 0. The van der Waals surface area contributed by atoms with Gasteiger partial charge in [-0.3, -0.25) is 14.1 Å². The quantitative estimate of drug-likeness (QED) is 0.319. The Balaban J connectivity index is 1.15. The SMILES string of the molecule is CCC1(OC(=O)C2C3CC4C(OC(=O)C42)C3OC(=O)C(F)(F)S(=O)(=O)O)C2CC3CC4CC1C34C2. The summed E-state index contributed by atoms with van der Waals surface area (Å²) in [6.07, 6.45) is 2.82. The van der Waals surface area contributed by atoms with Gasteiger partial charge in [-0.1, -0.05) is 6.92 Å². The van der Waals surface area contributed by atoms with E-state index in [-0.39, 0.29) is 17.8 Å². The van der Waals surface area contributed by atoms with Crippen LogP contribution in [0.3, 0.4) is 0 Å². The molecule has 1 N–H and O–H groups in total. The lowest BCUT2D eigenvalue weighted by Gasteiger charge is -2.69. The van der Waals surface area contributed by atoms with Gasteiger partial charge in [-0.25, -0.2) is 4.79 Å². The molecule has 7 rings (SSSR count). The molecule has 6 aliphatic carbocycles. The van der Waals surface area contributed by atoms with Crippen LogP contribution in [0.1, 0.15) is 45.4 Å². The average molecular weight is 517 g/mol. The summed E-state index contributed by atoms with van der Waals surface area (Å²) in [5, 5.41) is -5.18. The zero-order valence-corrected chi connectivity index (χ0v) is 19.7. The molecule has 6 saturated carbocycles. The van der Waals surface area contributed by atoms with Gasteiger partial charge in [0.2, 0.25) is 0 Å². The minimum Gasteiger partial charge on any atom is -0.458 e. The predicted molar refractivity (Wildman–Crippen MR) is 109 cm³/mol. The molecular weight excluding hydrogens is 490 g/mol. The molecule has 1 saturated heterocycles. The first-order valence-electron chi connectivity index (χ1n) is 12.4. The van der Waals surface area contributed by atoms with Crippen LogP contribution in [0.4, 0.5) is 8.78 Å². The van der Waals surface area contributed by atoms with Crippen molar-refractivity contribution in [3.05, 3.63) is 0 Å². The lowest BCUT2D eigenvalue weighted by Crippen LogP contribution is -2.67. The predicted octanol–water partition coefficient (Wildman–Crippen LogP) is 1.94. The Morgan fingerprint density at radius 2 is 1.83 bits per heavy atom. The first kappa shape index (κ1) is 22.4. The number of alkyl halides is 2. The van der Waals surface area contributed by atoms with Gasteiger partial charge in [0, 0.05) is 17.8 Å². The van der Waals surface area contributed by atoms with Gasteiger partial charge < -0.3 is 14.2 Å². The summed E-state index contributed by atoms with van der Waals surface area (Å²) < 4.78 is 74.8. The van der Waals surface area contributed by atoms with E-state index in [9.17, 15) is 31.6 Å². The van der Waals surface area contributed by atoms with Crippen LogP contribution in [-0.2, 0) is 38.7 Å². The number of hydrogen-bond acceptors (Lipinski definition) is 8. The van der Waals surface area contributed by atoms with E-state index in [1.165, 1.54) is 6.42 Å². The van der Waals surface area contributed by atoms with Gasteiger partial charge in [0.25, 0.3) is 0 Å². The third-order valence-electron chi connectivity index (χ3n) is 11.2. The van der Waals surface area contributed by atoms with Crippen LogP contribution >= 0.6 is 0 Å². The average Bonchev–Trinajstić information content (AvgIpc) is 3.51. The maximum atomic E-state index is 13.9. The van der Waals surface area contributed by atoms with Gasteiger partial charge in [0.1, 0.15) is 17.8 Å². The van der Waals surface area contributed by atoms with Crippen molar-refractivity contribution in [2.75, 3.05) is 0 Å². The molecule has 1 spiro atoms. The van der Waals surface area contributed by atoms with Crippen molar-refractivity contribution < 1.29 is 50.3 Å². The first-order chi connectivity index (χ1) is 16.4. The van der Waals surface area contributed by atoms with Crippen molar-refractivity contribution >= 4 is 28.0 Å². The molecule has 7 fully saturated rings. The summed E-state index contributed by atoms with van der Waals surface area (Å²) in [5.74, 6) is -4.88. The topological polar surface area (TPSA) is 133 Å². The van der Waals surface area contributed by atoms with E-state index >= 15 is 0 Å². The molecule has 9 nitrogen and oxygen atoms in total. The number of fused-ring (bicyclic) bond motifs is 2. The highest BCUT2D eigenvalue weighted by Crippen LogP contribution is 2.84. The molecule has 12 atom stereocenters. The van der Waals surface area contributed by atoms with E-state index < -0.39 is 74.8 Å². The minimum atomic E-state index is -6.06. The van der Waals surface area contributed by atoms with Crippen LogP contribution in [0.5, 0.6) is 0 Å². The van der Waals surface area contributed by atoms with Crippen molar-refractivity contribution in [3.8, 4) is 0 Å². The number of ether oxygens (including phenoxy) is 3. The van der Waals surface area contributed by atoms with Crippen molar-refractivity contribution in [1.82, 2.24) is 0 Å². The fraction of sp³-hybridized carbons (Fsp3) is 0.870. The van der Waals surface area contributed by atoms with Crippen molar-refractivity contribution in [2.24, 2.45) is 52.8 Å². The Morgan fingerprint density at radius 3 is 2.46 bits per heavy atom. The standard InChI is InChI=1S/C23H26F2O9S/c1-2-22(10-4-8-3-9-5-13(22)21(8,9)7-10)34-19(27)15-12-6-11-14(15)18(26)32-16(11)17(12)33-20(28)23(24,25)35(29,30)31/h8-17H,2-7H2,1H3,(H,29,30,31). The molecule has 1 heterocycles. The number of halogens is 2. The summed E-state index contributed by atoms with van der Waals surface area (Å²) in [6.45, 7) is 2.01. The van der Waals surface area contributed by atoms with Crippen molar-refractivity contribution in [3.63, 3.8) is 0 Å². The second-order valence-corrected chi connectivity index (χ2v) is 13.2. The van der Waals surface area contributed by atoms with Gasteiger partial charge in [-0.15, -0.1) is 0 Å². The number of rotatable bonds is 6. The third-order valence-corrected chi connectivity index (χ3v) is 12.0. The Kier molecular flexibility index (Phi) is 4.06. The summed E-state index contributed by atoms with van der Waals surface area (Å²) in [4.78, 5) is 38.3. The van der Waals surface area contributed by atoms with Crippen LogP contribution in [0, 0.1) is 52.8 Å². The Labute approximate surface area is 200 Å². The van der Waals surface area contributed by atoms with Gasteiger partial charge in [-0.05, 0) is 61.7 Å².